The van der Waals surface area contributed by atoms with Gasteiger partial charge in [-0.3, -0.25) is 9.79 Å². The third-order valence-electron chi connectivity index (χ3n) is 5.07. The molecule has 1 saturated carbocycles. The second kappa shape index (κ2) is 8.37. The van der Waals surface area contributed by atoms with E-state index < -0.39 is 0 Å². The van der Waals surface area contributed by atoms with Crippen LogP contribution in [0.3, 0.4) is 0 Å². The number of benzene rings is 1. The molecule has 2 unspecified atom stereocenters. The number of amides is 1. The number of carbonyl (C=O) groups is 1. The Hall–Kier alpha value is -2.04. The smallest absolute Gasteiger partial charge is 0.222 e. The second-order valence-corrected chi connectivity index (χ2v) is 7.05. The van der Waals surface area contributed by atoms with Gasteiger partial charge in [0.25, 0.3) is 0 Å². The van der Waals surface area contributed by atoms with Crippen LogP contribution in [-0.4, -0.2) is 49.0 Å². The molecule has 2 aliphatic rings. The predicted molar refractivity (Wildman–Crippen MR) is 102 cm³/mol. The molecule has 2 fully saturated rings. The van der Waals surface area contributed by atoms with Crippen molar-refractivity contribution in [2.75, 3.05) is 26.2 Å². The molecule has 0 radical (unpaired) electrons. The standard InChI is InChI=1S/C20H30N4O/c1-3-21-20(22-11-7-13-24-12-6-10-19(24)25)23-18-14-17(18)16-9-5-4-8-15(16)2/h4-5,8-9,17-18H,3,6-7,10-14H2,1-2H3,(H2,21,22,23). The third kappa shape index (κ3) is 4.74. The minimum absolute atomic E-state index is 0.299. The molecule has 136 valence electrons. The van der Waals surface area contributed by atoms with Crippen LogP contribution < -0.4 is 10.6 Å². The first-order valence-electron chi connectivity index (χ1n) is 9.57. The summed E-state index contributed by atoms with van der Waals surface area (Å²) in [4.78, 5) is 18.3. The van der Waals surface area contributed by atoms with Gasteiger partial charge in [-0.1, -0.05) is 24.3 Å². The molecule has 1 aliphatic heterocycles. The van der Waals surface area contributed by atoms with E-state index in [-0.39, 0.29) is 0 Å². The van der Waals surface area contributed by atoms with Gasteiger partial charge in [0.2, 0.25) is 5.91 Å². The summed E-state index contributed by atoms with van der Waals surface area (Å²) in [6.07, 6.45) is 3.81. The second-order valence-electron chi connectivity index (χ2n) is 7.05. The van der Waals surface area contributed by atoms with Gasteiger partial charge in [-0.15, -0.1) is 0 Å². The maximum atomic E-state index is 11.6. The maximum absolute atomic E-state index is 11.6. The Morgan fingerprint density at radius 1 is 1.36 bits per heavy atom. The van der Waals surface area contributed by atoms with Crippen molar-refractivity contribution in [3.63, 3.8) is 0 Å². The summed E-state index contributed by atoms with van der Waals surface area (Å²) in [5.74, 6) is 1.79. The zero-order chi connectivity index (χ0) is 17.6. The maximum Gasteiger partial charge on any atom is 0.222 e. The van der Waals surface area contributed by atoms with E-state index >= 15 is 0 Å². The van der Waals surface area contributed by atoms with Gasteiger partial charge in [0.15, 0.2) is 5.96 Å². The molecule has 0 aromatic heterocycles. The minimum Gasteiger partial charge on any atom is -0.357 e. The summed E-state index contributed by atoms with van der Waals surface area (Å²) in [6.45, 7) is 7.63. The summed E-state index contributed by atoms with van der Waals surface area (Å²) >= 11 is 0. The fourth-order valence-corrected chi connectivity index (χ4v) is 3.59. The van der Waals surface area contributed by atoms with Crippen LogP contribution in [0.5, 0.6) is 0 Å². The molecule has 1 aromatic rings. The predicted octanol–water partition coefficient (Wildman–Crippen LogP) is 2.42. The number of hydrogen-bond donors (Lipinski definition) is 2. The lowest BCUT2D eigenvalue weighted by Gasteiger charge is -2.15. The number of likely N-dealkylation sites (tertiary alicyclic amines) is 1. The third-order valence-corrected chi connectivity index (χ3v) is 5.07. The van der Waals surface area contributed by atoms with Gasteiger partial charge in [-0.25, -0.2) is 0 Å². The highest BCUT2D eigenvalue weighted by atomic mass is 16.2. The Kier molecular flexibility index (Phi) is 5.95. The lowest BCUT2D eigenvalue weighted by Crippen LogP contribution is -2.39. The Morgan fingerprint density at radius 2 is 2.20 bits per heavy atom. The fraction of sp³-hybridized carbons (Fsp3) is 0.600. The van der Waals surface area contributed by atoms with E-state index in [9.17, 15) is 4.79 Å². The van der Waals surface area contributed by atoms with Gasteiger partial charge in [-0.05, 0) is 44.2 Å². The molecule has 2 N–H and O–H groups in total. The number of nitrogens with zero attached hydrogens (tertiary/aromatic N) is 2. The van der Waals surface area contributed by atoms with E-state index in [0.29, 0.717) is 17.9 Å². The number of carbonyl (C=O) groups excluding carboxylic acids is 1. The normalized spacial score (nSPS) is 23.0. The van der Waals surface area contributed by atoms with E-state index in [4.69, 9.17) is 0 Å². The van der Waals surface area contributed by atoms with Gasteiger partial charge >= 0.3 is 0 Å². The van der Waals surface area contributed by atoms with Crippen LogP contribution in [-0.2, 0) is 4.79 Å². The molecule has 3 rings (SSSR count). The lowest BCUT2D eigenvalue weighted by atomic mass is 10.0. The van der Waals surface area contributed by atoms with Gasteiger partial charge < -0.3 is 15.5 Å². The highest BCUT2D eigenvalue weighted by Crippen LogP contribution is 2.41. The van der Waals surface area contributed by atoms with Crippen LogP contribution in [0.1, 0.15) is 49.7 Å². The van der Waals surface area contributed by atoms with Crippen molar-refractivity contribution in [3.8, 4) is 0 Å². The quantitative estimate of drug-likeness (QED) is 0.454. The Bertz CT molecular complexity index is 628. The largest absolute Gasteiger partial charge is 0.357 e. The van der Waals surface area contributed by atoms with E-state index in [1.54, 1.807) is 0 Å². The van der Waals surface area contributed by atoms with Crippen molar-refractivity contribution in [1.82, 2.24) is 15.5 Å². The molecule has 0 bridgehead atoms. The first kappa shape index (κ1) is 17.8. The topological polar surface area (TPSA) is 56.7 Å². The van der Waals surface area contributed by atoms with Crippen molar-refractivity contribution in [2.45, 2.75) is 51.5 Å². The fourth-order valence-electron chi connectivity index (χ4n) is 3.59. The van der Waals surface area contributed by atoms with Crippen molar-refractivity contribution in [2.24, 2.45) is 4.99 Å². The molecule has 2 atom stereocenters. The molecular formula is C20H30N4O. The SMILES string of the molecule is CCNC(=NCCCN1CCCC1=O)NC1CC1c1ccccc1C. The number of nitrogens with one attached hydrogen (secondary N) is 2. The van der Waals surface area contributed by atoms with Gasteiger partial charge in [-0.2, -0.15) is 0 Å². The molecule has 0 spiro atoms. The number of guanidine groups is 1. The highest BCUT2D eigenvalue weighted by Gasteiger charge is 2.39. The van der Waals surface area contributed by atoms with Crippen molar-refractivity contribution in [3.05, 3.63) is 35.4 Å². The van der Waals surface area contributed by atoms with Crippen LogP contribution >= 0.6 is 0 Å². The lowest BCUT2D eigenvalue weighted by molar-refractivity contribution is -0.127. The molecule has 1 aromatic carbocycles. The number of aryl methyl sites for hydroxylation is 1. The van der Waals surface area contributed by atoms with Crippen LogP contribution in [0.15, 0.2) is 29.3 Å². The number of rotatable bonds is 7. The van der Waals surface area contributed by atoms with Crippen LogP contribution in [0, 0.1) is 6.92 Å². The highest BCUT2D eigenvalue weighted by molar-refractivity contribution is 5.80. The average Bonchev–Trinajstić information content (AvgIpc) is 3.24. The zero-order valence-electron chi connectivity index (χ0n) is 15.4. The Labute approximate surface area is 150 Å². The Morgan fingerprint density at radius 3 is 2.92 bits per heavy atom. The number of aliphatic imine (C=N–C) groups is 1. The van der Waals surface area contributed by atoms with E-state index in [1.165, 1.54) is 11.1 Å². The van der Waals surface area contributed by atoms with E-state index in [0.717, 1.165) is 57.8 Å². The summed E-state index contributed by atoms with van der Waals surface area (Å²) in [5, 5.41) is 6.90. The van der Waals surface area contributed by atoms with Gasteiger partial charge in [0, 0.05) is 44.6 Å². The van der Waals surface area contributed by atoms with Crippen molar-refractivity contribution < 1.29 is 4.79 Å². The van der Waals surface area contributed by atoms with Crippen LogP contribution in [0.25, 0.3) is 0 Å². The van der Waals surface area contributed by atoms with Gasteiger partial charge in [0.05, 0.1) is 0 Å². The average molecular weight is 342 g/mol. The molecule has 5 heteroatoms. The van der Waals surface area contributed by atoms with Crippen LogP contribution in [0.2, 0.25) is 0 Å². The summed E-state index contributed by atoms with van der Waals surface area (Å²) in [6, 6.07) is 9.11. The van der Waals surface area contributed by atoms with Crippen LogP contribution in [0.4, 0.5) is 0 Å². The first-order valence-corrected chi connectivity index (χ1v) is 9.57. The first-order chi connectivity index (χ1) is 12.2. The van der Waals surface area contributed by atoms with Crippen molar-refractivity contribution >= 4 is 11.9 Å². The Balaban J connectivity index is 1.46. The minimum atomic E-state index is 0.299. The molecule has 1 saturated heterocycles. The summed E-state index contributed by atoms with van der Waals surface area (Å²) in [5.41, 5.74) is 2.82. The van der Waals surface area contributed by atoms with E-state index in [1.807, 2.05) is 4.90 Å². The molecule has 25 heavy (non-hydrogen) atoms. The summed E-state index contributed by atoms with van der Waals surface area (Å²) in [7, 11) is 0. The van der Waals surface area contributed by atoms with Crippen molar-refractivity contribution in [1.29, 1.82) is 0 Å². The summed E-state index contributed by atoms with van der Waals surface area (Å²) < 4.78 is 0. The van der Waals surface area contributed by atoms with Gasteiger partial charge in [0.1, 0.15) is 0 Å². The molecule has 5 nitrogen and oxygen atoms in total. The zero-order valence-corrected chi connectivity index (χ0v) is 15.4. The molecular weight excluding hydrogens is 312 g/mol. The molecule has 1 heterocycles. The van der Waals surface area contributed by atoms with E-state index in [2.05, 4.69) is 53.7 Å². The molecule has 1 aliphatic carbocycles. The monoisotopic (exact) mass is 342 g/mol. The molecule has 1 amide bonds. The number of hydrogen-bond acceptors (Lipinski definition) is 2.